The number of alkyl halides is 1. The van der Waals surface area contributed by atoms with E-state index in [0.717, 1.165) is 53.9 Å². The van der Waals surface area contributed by atoms with Gasteiger partial charge in [-0.05, 0) is 121 Å². The molecular weight excluding hydrogens is 1640 g/mol. The van der Waals surface area contributed by atoms with Gasteiger partial charge in [-0.2, -0.15) is 5.82 Å². The first-order valence-corrected chi connectivity index (χ1v) is 46.7. The van der Waals surface area contributed by atoms with Gasteiger partial charge >= 0.3 is 8.25 Å². The maximum atomic E-state index is 12.3. The molecule has 6 aromatic heterocycles. The zero-order chi connectivity index (χ0) is 87.0. The number of ether oxygens (including phenoxy) is 5. The number of nitrogens with zero attached hydrogens (tertiary/aromatic N) is 9. The highest BCUT2D eigenvalue weighted by atomic mass is 35.5. The Morgan fingerprint density at radius 3 is 1.17 bits per heavy atom. The van der Waals surface area contributed by atoms with E-state index in [-0.39, 0.29) is 102 Å². The lowest BCUT2D eigenvalue weighted by molar-refractivity contribution is -0.0493. The van der Waals surface area contributed by atoms with E-state index in [1.54, 1.807) is 50.5 Å². The van der Waals surface area contributed by atoms with Gasteiger partial charge < -0.3 is 67.9 Å². The number of H-pyrrole nitrogens is 3. The normalized spacial score (nSPS) is 20.7. The summed E-state index contributed by atoms with van der Waals surface area (Å²) >= 11 is 7.22. The molecule has 29 nitrogen and oxygen atoms in total. The van der Waals surface area contributed by atoms with Gasteiger partial charge in [-0.25, -0.2) is 29.9 Å². The number of methoxy groups -OCH3 is 2. The fourth-order valence-corrected chi connectivity index (χ4v) is 29.4. The van der Waals surface area contributed by atoms with Gasteiger partial charge in [0.25, 0.3) is 16.7 Å². The summed E-state index contributed by atoms with van der Waals surface area (Å²) in [4.78, 5) is 78.6. The van der Waals surface area contributed by atoms with Gasteiger partial charge in [0, 0.05) is 35.5 Å². The third-order valence-electron chi connectivity index (χ3n) is 23.1. The summed E-state index contributed by atoms with van der Waals surface area (Å²) in [5.74, 6) is 4.89. The van der Waals surface area contributed by atoms with E-state index < -0.39 is 90.4 Å². The summed E-state index contributed by atoms with van der Waals surface area (Å²) in [6.45, 7) is 41.1. The predicted molar refractivity (Wildman–Crippen MR) is 498 cm³/mol. The smallest absolute Gasteiger partial charge is 0.497 e. The largest absolute Gasteiger partial charge is 0.695 e. The molecule has 4 unspecified atom stereocenters. The molecule has 0 bridgehead atoms. The van der Waals surface area contributed by atoms with Crippen LogP contribution in [0.2, 0.25) is 46.9 Å². The topological polar surface area (TPSA) is 383 Å². The molecule has 9 aromatic rings. The highest BCUT2D eigenvalue weighted by molar-refractivity contribution is 7.32. The number of halogens is 1. The van der Waals surface area contributed by atoms with Crippen molar-refractivity contribution in [1.82, 2.24) is 58.6 Å². The molecule has 0 saturated carbocycles. The molecule has 123 heavy (non-hydrogen) atoms. The van der Waals surface area contributed by atoms with Crippen LogP contribution in [0.1, 0.15) is 219 Å². The van der Waals surface area contributed by atoms with Crippen LogP contribution in [0.4, 0.5) is 0 Å². The summed E-state index contributed by atoms with van der Waals surface area (Å²) in [6, 6.07) is 25.8. The van der Waals surface area contributed by atoms with Crippen LogP contribution in [0.25, 0.3) is 33.5 Å². The van der Waals surface area contributed by atoms with Crippen molar-refractivity contribution in [2.45, 2.75) is 294 Å². The van der Waals surface area contributed by atoms with Crippen molar-refractivity contribution < 1.29 is 66.9 Å². The Balaban J connectivity index is 0.000000415. The zero-order valence-electron chi connectivity index (χ0n) is 72.1. The number of imidazole rings is 3. The maximum absolute atomic E-state index is 12.3. The summed E-state index contributed by atoms with van der Waals surface area (Å²) in [6.07, 6.45) is 7.16. The lowest BCUT2D eigenvalue weighted by atomic mass is 9.56. The minimum Gasteiger partial charge on any atom is -0.497 e. The number of aromatic nitrogens is 12. The van der Waals surface area contributed by atoms with Crippen LogP contribution in [0.3, 0.4) is 0 Å². The molecule has 3 aliphatic rings. The van der Waals surface area contributed by atoms with E-state index in [9.17, 15) is 44.3 Å². The lowest BCUT2D eigenvalue weighted by Gasteiger charge is -2.42. The van der Waals surface area contributed by atoms with Gasteiger partial charge in [-0.1, -0.05) is 209 Å². The fraction of sp³-hybridized carbons (Fsp3) is 0.607. The number of nitrogens with one attached hydrogen (secondary N) is 3. The monoisotopic (exact) mass is 1790 g/mol. The first-order valence-electron chi connectivity index (χ1n) is 40.9. The van der Waals surface area contributed by atoms with Crippen LogP contribution in [0.15, 0.2) is 112 Å². The van der Waals surface area contributed by atoms with E-state index in [1.165, 1.54) is 17.2 Å². The number of aryl methyl sites for hydroxylation is 3. The van der Waals surface area contributed by atoms with E-state index in [1.807, 2.05) is 99.4 Å². The van der Waals surface area contributed by atoms with Crippen molar-refractivity contribution in [3.63, 3.8) is 0 Å². The first-order chi connectivity index (χ1) is 56.0. The van der Waals surface area contributed by atoms with Crippen LogP contribution in [0, 0.1) is 50.8 Å². The van der Waals surface area contributed by atoms with Crippen LogP contribution >= 0.6 is 19.9 Å². The van der Waals surface area contributed by atoms with Gasteiger partial charge in [-0.15, -0.1) is 27.4 Å². The molecule has 9 heterocycles. The summed E-state index contributed by atoms with van der Waals surface area (Å²) in [5.41, 5.74) is 6.46. The number of aromatic amines is 3. The Kier molecular flexibility index (Phi) is 43.5. The summed E-state index contributed by atoms with van der Waals surface area (Å²) in [7, 11) is -3.72. The Labute approximate surface area is 737 Å². The Morgan fingerprint density at radius 2 is 0.854 bits per heavy atom. The molecule has 34 heteroatoms. The number of benzene rings is 3. The van der Waals surface area contributed by atoms with Crippen LogP contribution in [0.5, 0.6) is 11.5 Å². The van der Waals surface area contributed by atoms with Crippen molar-refractivity contribution in [2.24, 2.45) is 17.8 Å². The zero-order valence-corrected chi connectivity index (χ0v) is 75.8. The standard InChI is InChI=1S/C23H40N4O4Si.C22H37N4O7PSi.C21H19ClO2.C14H20N4O4.C4H7B.5CH4/c1-9-18-17(10-11-30-32(13(2)3,14(4)5)15(6)7)20(28)23(31-18)27-12-24-19-21(27)25-16(8)26-22(19)29;1-12(2)35(13(3)4,14(5)6)31-9-8-16-17(10-27)32-22(19(16)33-34(29)30)26-11-23-18-20(26)24-15(7)25-21(18)28;1-23-19-12-8-17(9-13-19)21(22,16-6-4-3-5-7-16)18-10-14-20(24-2)15-11-18;1-3-4-8-9(5-19)22-14(11(8)20)18-6-15-10-12(18)16-7(2)17-13(10)21;1-4-5(2)3;;;;;/h12-15,17-18,20,23,28H,9-11H2,1-8H3,(H,25,26,29);11-14,16-17,19,22,27H,8-10H2,1-7H3,(H-,24,25,28,29,30);3-15H,1-2H3;6,8-9,11,14,19-20H,3-5H2,1-2H3,(H,16,17,21);1H,2-3H3;5*1H4/p+1/t17-,18+,20?,23+;16-,17+,19?,22+;;8-,9+,11?,14+;;;;;;/m00.0....../s1. The second kappa shape index (κ2) is 48.9. The fourth-order valence-electron chi connectivity index (χ4n) is 17.7. The van der Waals surface area contributed by atoms with Crippen molar-refractivity contribution in [2.75, 3.05) is 40.6 Å². The van der Waals surface area contributed by atoms with Crippen molar-refractivity contribution >= 4 is 76.7 Å². The third-order valence-corrected chi connectivity index (χ3v) is 36.4. The van der Waals surface area contributed by atoms with Gasteiger partial charge in [0.2, 0.25) is 6.71 Å². The summed E-state index contributed by atoms with van der Waals surface area (Å²) < 4.78 is 64.1. The molecule has 12 rings (SSSR count). The van der Waals surface area contributed by atoms with E-state index in [4.69, 9.17) is 55.1 Å². The Morgan fingerprint density at radius 1 is 0.537 bits per heavy atom. The van der Waals surface area contributed by atoms with Crippen LogP contribution < -0.4 is 26.2 Å². The third kappa shape index (κ3) is 24.6. The summed E-state index contributed by atoms with van der Waals surface area (Å²) in [5, 5.41) is 41.3. The number of fused-ring (bicyclic) bond motifs is 3. The number of aliphatic hydroxyl groups is 4. The van der Waals surface area contributed by atoms with Gasteiger partial charge in [0.15, 0.2) is 74.9 Å². The van der Waals surface area contributed by atoms with Gasteiger partial charge in [0.1, 0.15) is 46.1 Å². The molecule has 3 saturated heterocycles. The molecule has 0 aliphatic carbocycles. The Hall–Kier alpha value is -7.68. The predicted octanol–water partition coefficient (Wildman–Crippen LogP) is 17.3. The molecule has 684 valence electrons. The van der Waals surface area contributed by atoms with Crippen molar-refractivity contribution in [1.29, 1.82) is 0 Å². The number of aliphatic hydroxyl groups excluding tert-OH is 4. The Bertz CT molecular complexity index is 4840. The minimum absolute atomic E-state index is 0. The SMILES string of the molecule is C.C.C.C.C.C#CB(C)C.CCC[C@@H]1C(O)[C@H](n2cnc3c(=O)[nH]c(C)nc32)O[C@@H]1CO.CC[C@H]1O[C@@H](n2cnc3c(=O)[nH]c(C)nc32)C(O)[C@H]1CCO[Si](C(C)C)(C(C)C)C(C)C.COc1ccc(C(Cl)(c2ccccc2)c2ccc(OC)cc2)cc1.Cc1nc2c(ncn2[C@@H]2O[C@H](CO)[C@H](CCO[Si](C(C)C)(C(C)C)C(C)C)C2O[P+](=O)O)c(=O)[nH]1. The van der Waals surface area contributed by atoms with E-state index in [2.05, 4.69) is 141 Å². The lowest BCUT2D eigenvalue weighted by Crippen LogP contribution is -2.48. The number of terminal acetylenes is 1. The second-order valence-electron chi connectivity index (χ2n) is 32.7. The molecular formula is C89H144BClN12O17PSi2+. The minimum atomic E-state index is -2.95. The number of hydrogen-bond donors (Lipinski definition) is 8. The maximum Gasteiger partial charge on any atom is 0.695 e. The average molecular weight is 1790 g/mol. The molecule has 3 aromatic carbocycles. The van der Waals surface area contributed by atoms with Crippen molar-refractivity contribution in [3.05, 3.63) is 163 Å². The highest BCUT2D eigenvalue weighted by Gasteiger charge is 2.53. The van der Waals surface area contributed by atoms with Gasteiger partial charge in [0.05, 0.1) is 64.7 Å². The first kappa shape index (κ1) is 109. The highest BCUT2D eigenvalue weighted by Crippen LogP contribution is 2.49. The number of hydrogen-bond acceptors (Lipinski definition) is 22. The average Bonchev–Trinajstić information content (AvgIpc) is 1.44. The van der Waals surface area contributed by atoms with Crippen LogP contribution in [-0.2, 0) is 37.0 Å². The quantitative estimate of drug-likeness (QED) is 0.00709. The molecule has 3 fully saturated rings. The molecule has 0 amide bonds. The number of rotatable bonds is 29. The van der Waals surface area contributed by atoms with E-state index >= 15 is 0 Å². The molecule has 8 N–H and O–H groups in total. The molecule has 0 spiro atoms. The van der Waals surface area contributed by atoms with Gasteiger partial charge in [-0.3, -0.25) is 28.1 Å². The second-order valence-corrected chi connectivity index (χ2v) is 44.8. The molecule has 13 atom stereocenters. The van der Waals surface area contributed by atoms with E-state index in [0.29, 0.717) is 88.4 Å². The van der Waals surface area contributed by atoms with Crippen LogP contribution in [-0.4, -0.2) is 184 Å². The molecule has 0 radical (unpaired) electrons. The molecule has 3 aliphatic heterocycles. The van der Waals surface area contributed by atoms with Crippen molar-refractivity contribution in [3.8, 4) is 23.7 Å².